The summed E-state index contributed by atoms with van der Waals surface area (Å²) in [6.45, 7) is 6.36. The van der Waals surface area contributed by atoms with Crippen molar-refractivity contribution in [3.05, 3.63) is 42.1 Å². The maximum Gasteiger partial charge on any atom is 0.230 e. The average molecular weight is 451 g/mol. The molecular weight excluding hydrogens is 416 g/mol. The van der Waals surface area contributed by atoms with Gasteiger partial charge in [0, 0.05) is 43.1 Å². The summed E-state index contributed by atoms with van der Waals surface area (Å²) in [6.07, 6.45) is 5.86. The summed E-state index contributed by atoms with van der Waals surface area (Å²) < 4.78 is 11.4. The topological polar surface area (TPSA) is 66.9 Å². The molecule has 2 aliphatic heterocycles. The van der Waals surface area contributed by atoms with Crippen LogP contribution in [0.2, 0.25) is 0 Å². The number of nitrogens with one attached hydrogen (secondary N) is 1. The van der Waals surface area contributed by atoms with E-state index in [1.807, 2.05) is 11.0 Å². The third kappa shape index (κ3) is 4.44. The van der Waals surface area contributed by atoms with Crippen molar-refractivity contribution in [3.8, 4) is 0 Å². The third-order valence-corrected chi connectivity index (χ3v) is 7.31. The van der Waals surface area contributed by atoms with Crippen LogP contribution in [0.25, 0.3) is 0 Å². The molecule has 5 rings (SSSR count). The molecule has 1 saturated heterocycles. The van der Waals surface area contributed by atoms with Gasteiger partial charge >= 0.3 is 0 Å². The number of carbonyl (C=O) groups is 1. The summed E-state index contributed by atoms with van der Waals surface area (Å²) in [4.78, 5) is 22.8. The molecule has 2 fully saturated rings. The number of morpholine rings is 1. The number of anilines is 4. The van der Waals surface area contributed by atoms with Gasteiger partial charge in [0.05, 0.1) is 36.7 Å². The summed E-state index contributed by atoms with van der Waals surface area (Å²) in [5, 5.41) is 3.49. The third-order valence-electron chi connectivity index (χ3n) is 7.31. The Morgan fingerprint density at radius 1 is 1.18 bits per heavy atom. The molecule has 3 heterocycles. The zero-order valence-electron chi connectivity index (χ0n) is 19.8. The Labute approximate surface area is 196 Å². The van der Waals surface area contributed by atoms with E-state index in [9.17, 15) is 4.79 Å². The summed E-state index contributed by atoms with van der Waals surface area (Å²) in [5.41, 5.74) is 4.00. The molecule has 33 heavy (non-hydrogen) atoms. The molecule has 1 aromatic carbocycles. The number of ether oxygens (including phenoxy) is 2. The number of aromatic nitrogens is 1. The lowest BCUT2D eigenvalue weighted by molar-refractivity contribution is -0.124. The Kier molecular flexibility index (Phi) is 6.25. The van der Waals surface area contributed by atoms with Crippen LogP contribution in [0, 0.1) is 5.92 Å². The molecule has 0 radical (unpaired) electrons. The number of nitrogens with zero attached hydrogens (tertiary/aromatic N) is 3. The fraction of sp³-hybridized carbons (Fsp3) is 0.538. The fourth-order valence-electron chi connectivity index (χ4n) is 5.32. The highest BCUT2D eigenvalue weighted by Crippen LogP contribution is 2.40. The smallest absolute Gasteiger partial charge is 0.230 e. The van der Waals surface area contributed by atoms with E-state index in [4.69, 9.17) is 9.47 Å². The predicted molar refractivity (Wildman–Crippen MR) is 130 cm³/mol. The van der Waals surface area contributed by atoms with Gasteiger partial charge in [-0.3, -0.25) is 4.79 Å². The van der Waals surface area contributed by atoms with Crippen molar-refractivity contribution < 1.29 is 14.3 Å². The van der Waals surface area contributed by atoms with Crippen molar-refractivity contribution in [3.63, 3.8) is 0 Å². The van der Waals surface area contributed by atoms with Crippen LogP contribution in [0.1, 0.15) is 45.1 Å². The van der Waals surface area contributed by atoms with E-state index in [0.717, 1.165) is 60.7 Å². The Morgan fingerprint density at radius 3 is 2.79 bits per heavy atom. The van der Waals surface area contributed by atoms with Crippen molar-refractivity contribution in [1.29, 1.82) is 0 Å². The van der Waals surface area contributed by atoms with Gasteiger partial charge in [-0.25, -0.2) is 4.98 Å². The molecule has 0 unspecified atom stereocenters. The number of benzene rings is 1. The summed E-state index contributed by atoms with van der Waals surface area (Å²) in [5.74, 6) is 1.04. The zero-order valence-corrected chi connectivity index (χ0v) is 19.8. The highest BCUT2D eigenvalue weighted by atomic mass is 16.5. The van der Waals surface area contributed by atoms with Crippen molar-refractivity contribution >= 4 is 28.8 Å². The second kappa shape index (κ2) is 9.31. The second-order valence-electron chi connectivity index (χ2n) is 9.62. The number of amides is 1. The van der Waals surface area contributed by atoms with Crippen LogP contribution in [-0.4, -0.2) is 49.4 Å². The summed E-state index contributed by atoms with van der Waals surface area (Å²) in [6, 6.07) is 10.7. The molecule has 2 aromatic rings. The lowest BCUT2D eigenvalue weighted by Gasteiger charge is -2.39. The number of pyridine rings is 1. The molecule has 7 heteroatoms. The van der Waals surface area contributed by atoms with Gasteiger partial charge in [-0.2, -0.15) is 0 Å². The second-order valence-corrected chi connectivity index (χ2v) is 9.62. The average Bonchev–Trinajstić information content (AvgIpc) is 3.01. The van der Waals surface area contributed by atoms with Crippen LogP contribution in [-0.2, 0) is 20.8 Å². The molecule has 1 amide bonds. The van der Waals surface area contributed by atoms with Gasteiger partial charge in [-0.1, -0.05) is 6.07 Å². The minimum Gasteiger partial charge on any atom is -0.381 e. The monoisotopic (exact) mass is 450 g/mol. The highest BCUT2D eigenvalue weighted by Gasteiger charge is 2.33. The van der Waals surface area contributed by atoms with Crippen LogP contribution in [0.15, 0.2) is 36.5 Å². The van der Waals surface area contributed by atoms with Crippen molar-refractivity contribution in [2.75, 3.05) is 35.4 Å². The van der Waals surface area contributed by atoms with Crippen molar-refractivity contribution in [2.24, 2.45) is 5.92 Å². The van der Waals surface area contributed by atoms with Crippen LogP contribution in [0.3, 0.4) is 0 Å². The molecule has 1 N–H and O–H groups in total. The van der Waals surface area contributed by atoms with E-state index in [1.165, 1.54) is 0 Å². The lowest BCUT2D eigenvalue weighted by Crippen LogP contribution is -2.47. The van der Waals surface area contributed by atoms with Crippen molar-refractivity contribution in [1.82, 2.24) is 4.98 Å². The van der Waals surface area contributed by atoms with E-state index in [0.29, 0.717) is 13.2 Å². The number of fused-ring (bicyclic) bond motifs is 2. The first kappa shape index (κ1) is 22.2. The van der Waals surface area contributed by atoms with Crippen LogP contribution < -0.4 is 15.1 Å². The van der Waals surface area contributed by atoms with E-state index in [-0.39, 0.29) is 30.1 Å². The van der Waals surface area contributed by atoms with Crippen LogP contribution in [0.5, 0.6) is 0 Å². The summed E-state index contributed by atoms with van der Waals surface area (Å²) >= 11 is 0. The Hall–Kier alpha value is -2.64. The minimum absolute atomic E-state index is 0.0217. The largest absolute Gasteiger partial charge is 0.381 e. The molecular formula is C26H34N4O3. The van der Waals surface area contributed by atoms with E-state index < -0.39 is 0 Å². The molecule has 0 spiro atoms. The number of rotatable bonds is 3. The van der Waals surface area contributed by atoms with Gasteiger partial charge in [0.2, 0.25) is 5.91 Å². The van der Waals surface area contributed by atoms with Crippen LogP contribution in [0.4, 0.5) is 22.9 Å². The van der Waals surface area contributed by atoms with Gasteiger partial charge in [-0.15, -0.1) is 0 Å². The van der Waals surface area contributed by atoms with Gasteiger partial charge < -0.3 is 24.6 Å². The maximum absolute atomic E-state index is 13.9. The quantitative estimate of drug-likeness (QED) is 0.743. The predicted octanol–water partition coefficient (Wildman–Crippen LogP) is 4.49. The Bertz CT molecular complexity index is 1000. The first-order valence-electron chi connectivity index (χ1n) is 12.1. The van der Waals surface area contributed by atoms with E-state index in [1.54, 1.807) is 13.3 Å². The number of hydrogen-bond donors (Lipinski definition) is 1. The highest BCUT2D eigenvalue weighted by molar-refractivity contribution is 6.00. The Balaban J connectivity index is 1.50. The molecule has 0 bridgehead atoms. The molecule has 176 valence electrons. The van der Waals surface area contributed by atoms with E-state index in [2.05, 4.69) is 53.3 Å². The van der Waals surface area contributed by atoms with E-state index >= 15 is 0 Å². The number of carbonyl (C=O) groups excluding carboxylic acids is 1. The molecule has 3 aliphatic rings. The first-order valence-corrected chi connectivity index (χ1v) is 12.1. The van der Waals surface area contributed by atoms with Gasteiger partial charge in [0.1, 0.15) is 5.82 Å². The van der Waals surface area contributed by atoms with Crippen molar-refractivity contribution in [2.45, 2.75) is 64.3 Å². The van der Waals surface area contributed by atoms with Gasteiger partial charge in [-0.05, 0) is 63.8 Å². The normalized spacial score (nSPS) is 27.2. The summed E-state index contributed by atoms with van der Waals surface area (Å²) in [7, 11) is 1.77. The number of hydrogen-bond acceptors (Lipinski definition) is 6. The first-order chi connectivity index (χ1) is 16.0. The molecule has 7 nitrogen and oxygen atoms in total. The number of methoxy groups -OCH3 is 1. The minimum atomic E-state index is 0.0217. The zero-order chi connectivity index (χ0) is 22.9. The standard InChI is InChI=1S/C26H34N4O3/c1-17-16-33-18(2)14-29(17)21-8-11-23-24(13-21)30(15-20-5-4-12-27-25(20)28-23)26(31)19-6-9-22(32-3)10-7-19/h4-5,8,11-13,17-19,22H,6-7,9-10,14-16H2,1-3H3,(H,27,28)/t17-,18-,19?,22?/m1/s1. The van der Waals surface area contributed by atoms with Crippen LogP contribution >= 0.6 is 0 Å². The van der Waals surface area contributed by atoms with Gasteiger partial charge in [0.25, 0.3) is 0 Å². The molecule has 1 aromatic heterocycles. The lowest BCUT2D eigenvalue weighted by atomic mass is 9.86. The maximum atomic E-state index is 13.9. The molecule has 1 aliphatic carbocycles. The van der Waals surface area contributed by atoms with Gasteiger partial charge in [0.15, 0.2) is 0 Å². The Morgan fingerprint density at radius 2 is 2.00 bits per heavy atom. The molecule has 2 atom stereocenters. The fourth-order valence-corrected chi connectivity index (χ4v) is 5.32. The SMILES string of the molecule is COC1CCC(C(=O)N2Cc3cccnc3Nc3ccc(N4C[C@@H](C)OC[C@H]4C)cc32)CC1. The molecule has 1 saturated carbocycles.